The SMILES string of the molecule is CCCN(CC)CCOc1ccc([C@@H]2Oc3cc(O)ccc3C(C)[C@@H]2c2ccc(O)cc2)cc1. The van der Waals surface area contributed by atoms with Gasteiger partial charge in [0.15, 0.2) is 0 Å². The van der Waals surface area contributed by atoms with Gasteiger partial charge in [0.2, 0.25) is 0 Å². The lowest BCUT2D eigenvalue weighted by molar-refractivity contribution is 0.136. The molecule has 4 rings (SSSR count). The topological polar surface area (TPSA) is 62.2 Å². The smallest absolute Gasteiger partial charge is 0.131 e. The van der Waals surface area contributed by atoms with Crippen molar-refractivity contribution in [2.45, 2.75) is 45.1 Å². The van der Waals surface area contributed by atoms with Gasteiger partial charge in [-0.15, -0.1) is 0 Å². The average Bonchev–Trinajstić information content (AvgIpc) is 2.84. The summed E-state index contributed by atoms with van der Waals surface area (Å²) in [5.74, 6) is 2.21. The Morgan fingerprint density at radius 2 is 1.53 bits per heavy atom. The fourth-order valence-electron chi connectivity index (χ4n) is 4.89. The van der Waals surface area contributed by atoms with Gasteiger partial charge in [-0.1, -0.05) is 51.1 Å². The third kappa shape index (κ3) is 5.31. The maximum atomic E-state index is 10.0. The van der Waals surface area contributed by atoms with E-state index < -0.39 is 0 Å². The van der Waals surface area contributed by atoms with Crippen molar-refractivity contribution in [1.29, 1.82) is 0 Å². The highest BCUT2D eigenvalue weighted by Gasteiger charge is 2.38. The number of rotatable bonds is 9. The quantitative estimate of drug-likeness (QED) is 0.396. The van der Waals surface area contributed by atoms with Crippen molar-refractivity contribution < 1.29 is 19.7 Å². The van der Waals surface area contributed by atoms with Gasteiger partial charge in [-0.05, 0) is 72.5 Å². The van der Waals surface area contributed by atoms with E-state index >= 15 is 0 Å². The minimum absolute atomic E-state index is 0.0524. The molecule has 0 aromatic heterocycles. The summed E-state index contributed by atoms with van der Waals surface area (Å²) in [5.41, 5.74) is 3.22. The van der Waals surface area contributed by atoms with Crippen molar-refractivity contribution in [3.8, 4) is 23.0 Å². The minimum atomic E-state index is -0.233. The molecule has 1 aliphatic rings. The fourth-order valence-corrected chi connectivity index (χ4v) is 4.89. The van der Waals surface area contributed by atoms with Gasteiger partial charge >= 0.3 is 0 Å². The molecule has 3 atom stereocenters. The van der Waals surface area contributed by atoms with Crippen LogP contribution in [0.4, 0.5) is 0 Å². The minimum Gasteiger partial charge on any atom is -0.508 e. The average molecular weight is 462 g/mol. The number of likely N-dealkylation sites (N-methyl/N-ethyl adjacent to an activating group) is 1. The Bertz CT molecular complexity index is 1060. The molecular formula is C29H35NO4. The van der Waals surface area contributed by atoms with Gasteiger partial charge in [0, 0.05) is 18.5 Å². The van der Waals surface area contributed by atoms with Gasteiger partial charge in [-0.25, -0.2) is 0 Å². The molecule has 1 aliphatic heterocycles. The summed E-state index contributed by atoms with van der Waals surface area (Å²) >= 11 is 0. The Balaban J connectivity index is 1.57. The van der Waals surface area contributed by atoms with Crippen LogP contribution in [0, 0.1) is 0 Å². The van der Waals surface area contributed by atoms with E-state index in [0.717, 1.165) is 48.5 Å². The number of phenolic OH excluding ortho intramolecular Hbond substituents is 2. The van der Waals surface area contributed by atoms with E-state index in [0.29, 0.717) is 12.4 Å². The number of ether oxygens (including phenoxy) is 2. The van der Waals surface area contributed by atoms with Crippen molar-refractivity contribution >= 4 is 0 Å². The van der Waals surface area contributed by atoms with Crippen molar-refractivity contribution in [2.24, 2.45) is 0 Å². The standard InChI is InChI=1S/C29H35NO4/c1-4-16-30(5-2)17-18-33-25-13-8-22(9-14-25)29-28(21-6-10-23(31)11-7-21)20(3)26-15-12-24(32)19-27(26)34-29/h6-15,19-20,28-29,31-32H,4-5,16-18H2,1-3H3/t20?,28-,29+/m1/s1. The second-order valence-corrected chi connectivity index (χ2v) is 9.02. The molecule has 0 aliphatic carbocycles. The Kier molecular flexibility index (Phi) is 7.63. The van der Waals surface area contributed by atoms with Crippen LogP contribution >= 0.6 is 0 Å². The highest BCUT2D eigenvalue weighted by Crippen LogP contribution is 2.51. The Hall–Kier alpha value is -3.18. The molecule has 180 valence electrons. The number of nitrogens with zero attached hydrogens (tertiary/aromatic N) is 1. The molecule has 0 fully saturated rings. The Morgan fingerprint density at radius 1 is 0.853 bits per heavy atom. The number of hydrogen-bond donors (Lipinski definition) is 2. The maximum absolute atomic E-state index is 10.0. The van der Waals surface area contributed by atoms with Gasteiger partial charge in [0.1, 0.15) is 35.7 Å². The largest absolute Gasteiger partial charge is 0.508 e. The molecule has 3 aromatic rings. The number of benzene rings is 3. The summed E-state index contributed by atoms with van der Waals surface area (Å²) in [6.07, 6.45) is 0.911. The molecule has 1 unspecified atom stereocenters. The van der Waals surface area contributed by atoms with Crippen LogP contribution in [0.5, 0.6) is 23.0 Å². The molecule has 2 N–H and O–H groups in total. The first-order chi connectivity index (χ1) is 16.5. The number of aromatic hydroxyl groups is 2. The van der Waals surface area contributed by atoms with Crippen LogP contribution in [-0.2, 0) is 0 Å². The van der Waals surface area contributed by atoms with Crippen LogP contribution in [0.25, 0.3) is 0 Å². The first-order valence-electron chi connectivity index (χ1n) is 12.2. The van der Waals surface area contributed by atoms with E-state index in [9.17, 15) is 10.2 Å². The molecule has 5 heteroatoms. The highest BCUT2D eigenvalue weighted by molar-refractivity contribution is 5.48. The summed E-state index contributed by atoms with van der Waals surface area (Å²) in [4.78, 5) is 2.39. The van der Waals surface area contributed by atoms with Gasteiger partial charge < -0.3 is 24.6 Å². The predicted octanol–water partition coefficient (Wildman–Crippen LogP) is 6.23. The van der Waals surface area contributed by atoms with E-state index in [2.05, 4.69) is 37.8 Å². The third-order valence-electron chi connectivity index (χ3n) is 6.76. The van der Waals surface area contributed by atoms with Crippen molar-refractivity contribution in [3.63, 3.8) is 0 Å². The first-order valence-corrected chi connectivity index (χ1v) is 12.2. The molecule has 0 radical (unpaired) electrons. The van der Waals surface area contributed by atoms with Crippen LogP contribution in [0.15, 0.2) is 66.7 Å². The molecule has 1 heterocycles. The van der Waals surface area contributed by atoms with Crippen LogP contribution < -0.4 is 9.47 Å². The van der Waals surface area contributed by atoms with Gasteiger partial charge in [0.25, 0.3) is 0 Å². The van der Waals surface area contributed by atoms with E-state index in [-0.39, 0.29) is 29.4 Å². The van der Waals surface area contributed by atoms with E-state index in [1.807, 2.05) is 30.3 Å². The monoisotopic (exact) mass is 461 g/mol. The Labute approximate surface area is 202 Å². The summed E-state index contributed by atoms with van der Waals surface area (Å²) < 4.78 is 12.5. The van der Waals surface area contributed by atoms with Gasteiger partial charge in [-0.3, -0.25) is 0 Å². The van der Waals surface area contributed by atoms with Crippen LogP contribution in [0.2, 0.25) is 0 Å². The summed E-state index contributed by atoms with van der Waals surface area (Å²) in [7, 11) is 0. The molecule has 34 heavy (non-hydrogen) atoms. The third-order valence-corrected chi connectivity index (χ3v) is 6.76. The molecule has 0 saturated carbocycles. The summed E-state index contributed by atoms with van der Waals surface area (Å²) in [6, 6.07) is 20.9. The summed E-state index contributed by atoms with van der Waals surface area (Å²) in [5, 5.41) is 19.8. The van der Waals surface area contributed by atoms with Crippen LogP contribution in [-0.4, -0.2) is 41.4 Å². The molecule has 0 amide bonds. The van der Waals surface area contributed by atoms with Gasteiger partial charge in [-0.2, -0.15) is 0 Å². The van der Waals surface area contributed by atoms with E-state index in [1.165, 1.54) is 0 Å². The lowest BCUT2D eigenvalue weighted by atomic mass is 9.75. The van der Waals surface area contributed by atoms with E-state index in [1.54, 1.807) is 24.3 Å². The summed E-state index contributed by atoms with van der Waals surface area (Å²) in [6.45, 7) is 10.3. The second-order valence-electron chi connectivity index (χ2n) is 9.02. The van der Waals surface area contributed by atoms with Crippen molar-refractivity contribution in [1.82, 2.24) is 4.90 Å². The molecule has 0 saturated heterocycles. The molecular weight excluding hydrogens is 426 g/mol. The molecule has 3 aromatic carbocycles. The van der Waals surface area contributed by atoms with Crippen molar-refractivity contribution in [3.05, 3.63) is 83.4 Å². The lowest BCUT2D eigenvalue weighted by Gasteiger charge is -2.39. The first kappa shape index (κ1) is 24.0. The molecule has 0 spiro atoms. The number of fused-ring (bicyclic) bond motifs is 1. The number of hydrogen-bond acceptors (Lipinski definition) is 5. The highest BCUT2D eigenvalue weighted by atomic mass is 16.5. The van der Waals surface area contributed by atoms with Gasteiger partial charge in [0.05, 0.1) is 0 Å². The maximum Gasteiger partial charge on any atom is 0.131 e. The normalized spacial score (nSPS) is 19.5. The lowest BCUT2D eigenvalue weighted by Crippen LogP contribution is -2.29. The molecule has 0 bridgehead atoms. The fraction of sp³-hybridized carbons (Fsp3) is 0.379. The van der Waals surface area contributed by atoms with Crippen molar-refractivity contribution in [2.75, 3.05) is 26.2 Å². The van der Waals surface area contributed by atoms with Crippen LogP contribution in [0.1, 0.15) is 61.8 Å². The zero-order chi connectivity index (χ0) is 24.1. The van der Waals surface area contributed by atoms with E-state index in [4.69, 9.17) is 9.47 Å². The Morgan fingerprint density at radius 3 is 2.21 bits per heavy atom. The zero-order valence-electron chi connectivity index (χ0n) is 20.3. The predicted molar refractivity (Wildman–Crippen MR) is 135 cm³/mol. The number of phenols is 2. The second kappa shape index (κ2) is 10.8. The van der Waals surface area contributed by atoms with Crippen LogP contribution in [0.3, 0.4) is 0 Å². The zero-order valence-corrected chi connectivity index (χ0v) is 20.3. The molecule has 5 nitrogen and oxygen atoms in total.